The Hall–Kier alpha value is -1.64. The van der Waals surface area contributed by atoms with Gasteiger partial charge in [-0.25, -0.2) is 0 Å². The van der Waals surface area contributed by atoms with E-state index in [9.17, 15) is 5.11 Å². The van der Waals surface area contributed by atoms with Gasteiger partial charge in [-0.2, -0.15) is 0 Å². The normalized spacial score (nSPS) is 23.7. The second-order valence-corrected chi connectivity index (χ2v) is 6.95. The summed E-state index contributed by atoms with van der Waals surface area (Å²) < 4.78 is 0. The third-order valence-corrected chi connectivity index (χ3v) is 5.40. The Balaban J connectivity index is 1.72. The first-order chi connectivity index (χ1) is 11.2. The smallest absolute Gasteiger partial charge is 0.0488 e. The third kappa shape index (κ3) is 3.82. The van der Waals surface area contributed by atoms with Crippen molar-refractivity contribution in [1.29, 1.82) is 0 Å². The highest BCUT2D eigenvalue weighted by Gasteiger charge is 2.44. The van der Waals surface area contributed by atoms with Crippen LogP contribution in [0.25, 0.3) is 0 Å². The highest BCUT2D eigenvalue weighted by atomic mass is 16.3. The van der Waals surface area contributed by atoms with E-state index in [1.54, 1.807) is 0 Å². The maximum Gasteiger partial charge on any atom is 0.0488 e. The van der Waals surface area contributed by atoms with Crippen molar-refractivity contribution in [2.75, 3.05) is 6.61 Å². The van der Waals surface area contributed by atoms with Crippen molar-refractivity contribution in [3.8, 4) is 0 Å². The average Bonchev–Trinajstić information content (AvgIpc) is 2.56. The standard InChI is InChI=1S/C21H27NO/c1-2-21(17-23)13-20(14-21)22(15-18-9-5-3-6-10-18)16-19-11-7-4-8-12-19/h3-12,20,23H,2,13-17H2,1H3. The van der Waals surface area contributed by atoms with Gasteiger partial charge in [-0.05, 0) is 35.8 Å². The summed E-state index contributed by atoms with van der Waals surface area (Å²) in [7, 11) is 0. The molecule has 0 unspecified atom stereocenters. The molecule has 0 atom stereocenters. The predicted molar refractivity (Wildman–Crippen MR) is 95.0 cm³/mol. The summed E-state index contributed by atoms with van der Waals surface area (Å²) in [6.45, 7) is 4.48. The van der Waals surface area contributed by atoms with Gasteiger partial charge in [0, 0.05) is 25.7 Å². The first-order valence-electron chi connectivity index (χ1n) is 8.67. The zero-order valence-electron chi connectivity index (χ0n) is 14.0. The molecule has 23 heavy (non-hydrogen) atoms. The Kier molecular flexibility index (Phi) is 5.14. The van der Waals surface area contributed by atoms with E-state index >= 15 is 0 Å². The predicted octanol–water partition coefficient (Wildman–Crippen LogP) is 4.24. The van der Waals surface area contributed by atoms with Gasteiger partial charge in [0.25, 0.3) is 0 Å². The first-order valence-corrected chi connectivity index (χ1v) is 8.67. The Morgan fingerprint density at radius 3 is 1.78 bits per heavy atom. The van der Waals surface area contributed by atoms with Gasteiger partial charge in [0.1, 0.15) is 0 Å². The van der Waals surface area contributed by atoms with Gasteiger partial charge in [-0.15, -0.1) is 0 Å². The minimum Gasteiger partial charge on any atom is -0.396 e. The average molecular weight is 309 g/mol. The molecule has 2 nitrogen and oxygen atoms in total. The second-order valence-electron chi connectivity index (χ2n) is 6.95. The molecule has 122 valence electrons. The van der Waals surface area contributed by atoms with Gasteiger partial charge < -0.3 is 5.11 Å². The number of aliphatic hydroxyl groups excluding tert-OH is 1. The summed E-state index contributed by atoms with van der Waals surface area (Å²) in [6.07, 6.45) is 3.30. The molecule has 0 amide bonds. The fourth-order valence-electron chi connectivity index (χ4n) is 3.68. The summed E-state index contributed by atoms with van der Waals surface area (Å²) in [5.41, 5.74) is 2.89. The highest BCUT2D eigenvalue weighted by Crippen LogP contribution is 2.46. The SMILES string of the molecule is CCC1(CO)CC(N(Cc2ccccc2)Cc2ccccc2)C1. The lowest BCUT2D eigenvalue weighted by Gasteiger charge is -2.51. The molecule has 1 aliphatic rings. The van der Waals surface area contributed by atoms with Gasteiger partial charge in [0.15, 0.2) is 0 Å². The Bertz CT molecular complexity index is 542. The zero-order valence-corrected chi connectivity index (χ0v) is 14.0. The van der Waals surface area contributed by atoms with Crippen molar-refractivity contribution in [3.05, 3.63) is 71.8 Å². The maximum atomic E-state index is 9.70. The monoisotopic (exact) mass is 309 g/mol. The molecule has 2 aromatic rings. The molecule has 0 spiro atoms. The van der Waals surface area contributed by atoms with Gasteiger partial charge in [-0.1, -0.05) is 67.6 Å². The van der Waals surface area contributed by atoms with E-state index in [1.165, 1.54) is 11.1 Å². The fourth-order valence-corrected chi connectivity index (χ4v) is 3.68. The van der Waals surface area contributed by atoms with Crippen LogP contribution in [0.5, 0.6) is 0 Å². The van der Waals surface area contributed by atoms with E-state index in [1.807, 2.05) is 0 Å². The lowest BCUT2D eigenvalue weighted by molar-refractivity contribution is -0.0463. The van der Waals surface area contributed by atoms with Crippen LogP contribution in [0.4, 0.5) is 0 Å². The summed E-state index contributed by atoms with van der Waals surface area (Å²) in [5, 5.41) is 9.70. The lowest BCUT2D eigenvalue weighted by Crippen LogP contribution is -2.51. The fraction of sp³-hybridized carbons (Fsp3) is 0.429. The molecule has 0 bridgehead atoms. The minimum atomic E-state index is 0.163. The zero-order chi connectivity index (χ0) is 16.1. The van der Waals surface area contributed by atoms with Crippen molar-refractivity contribution in [1.82, 2.24) is 4.90 Å². The molecule has 2 heteroatoms. The van der Waals surface area contributed by atoms with E-state index in [-0.39, 0.29) is 5.41 Å². The molecule has 0 aliphatic heterocycles. The Labute approximate surface area is 139 Å². The van der Waals surface area contributed by atoms with Crippen LogP contribution < -0.4 is 0 Å². The van der Waals surface area contributed by atoms with E-state index in [2.05, 4.69) is 72.5 Å². The van der Waals surface area contributed by atoms with E-state index in [0.717, 1.165) is 32.4 Å². The van der Waals surface area contributed by atoms with Gasteiger partial charge >= 0.3 is 0 Å². The molecule has 0 radical (unpaired) electrons. The van der Waals surface area contributed by atoms with E-state index in [4.69, 9.17) is 0 Å². The molecule has 0 saturated heterocycles. The van der Waals surface area contributed by atoms with Crippen LogP contribution >= 0.6 is 0 Å². The van der Waals surface area contributed by atoms with Gasteiger partial charge in [0.2, 0.25) is 0 Å². The van der Waals surface area contributed by atoms with Crippen LogP contribution in [0.3, 0.4) is 0 Å². The van der Waals surface area contributed by atoms with E-state index < -0.39 is 0 Å². The van der Waals surface area contributed by atoms with Crippen LogP contribution in [0.2, 0.25) is 0 Å². The van der Waals surface area contributed by atoms with Crippen LogP contribution in [0, 0.1) is 5.41 Å². The molecule has 1 saturated carbocycles. The summed E-state index contributed by atoms with van der Waals surface area (Å²) >= 11 is 0. The van der Waals surface area contributed by atoms with Crippen LogP contribution in [0.1, 0.15) is 37.3 Å². The molecule has 0 aromatic heterocycles. The van der Waals surface area contributed by atoms with Crippen molar-refractivity contribution < 1.29 is 5.11 Å². The first kappa shape index (κ1) is 16.2. The largest absolute Gasteiger partial charge is 0.396 e. The lowest BCUT2D eigenvalue weighted by atomic mass is 9.63. The van der Waals surface area contributed by atoms with Crippen LogP contribution in [0.15, 0.2) is 60.7 Å². The van der Waals surface area contributed by atoms with Gasteiger partial charge in [0.05, 0.1) is 0 Å². The molecule has 1 N–H and O–H groups in total. The van der Waals surface area contributed by atoms with Crippen LogP contribution in [-0.4, -0.2) is 22.7 Å². The highest BCUT2D eigenvalue weighted by molar-refractivity contribution is 5.18. The minimum absolute atomic E-state index is 0.163. The van der Waals surface area contributed by atoms with Crippen molar-refractivity contribution in [2.24, 2.45) is 5.41 Å². The molecule has 1 fully saturated rings. The summed E-state index contributed by atoms with van der Waals surface area (Å²) in [5.74, 6) is 0. The van der Waals surface area contributed by atoms with Gasteiger partial charge in [-0.3, -0.25) is 4.90 Å². The molecule has 2 aromatic carbocycles. The molecule has 0 heterocycles. The van der Waals surface area contributed by atoms with Crippen LogP contribution in [-0.2, 0) is 13.1 Å². The maximum absolute atomic E-state index is 9.70. The number of rotatable bonds is 7. The quantitative estimate of drug-likeness (QED) is 0.827. The van der Waals surface area contributed by atoms with Crippen molar-refractivity contribution >= 4 is 0 Å². The van der Waals surface area contributed by atoms with Crippen molar-refractivity contribution in [3.63, 3.8) is 0 Å². The summed E-state index contributed by atoms with van der Waals surface area (Å²) in [4.78, 5) is 2.58. The number of hydrogen-bond acceptors (Lipinski definition) is 2. The van der Waals surface area contributed by atoms with Crippen molar-refractivity contribution in [2.45, 2.75) is 45.3 Å². The number of nitrogens with zero attached hydrogens (tertiary/aromatic N) is 1. The molecular formula is C21H27NO. The Morgan fingerprint density at radius 2 is 1.39 bits per heavy atom. The number of hydrogen-bond donors (Lipinski definition) is 1. The molecule has 3 rings (SSSR count). The second kappa shape index (κ2) is 7.29. The topological polar surface area (TPSA) is 23.5 Å². The Morgan fingerprint density at radius 1 is 0.913 bits per heavy atom. The molecule has 1 aliphatic carbocycles. The number of benzene rings is 2. The molecular weight excluding hydrogens is 282 g/mol. The summed E-state index contributed by atoms with van der Waals surface area (Å²) in [6, 6.07) is 22.0. The third-order valence-electron chi connectivity index (χ3n) is 5.40. The number of aliphatic hydroxyl groups is 1. The van der Waals surface area contributed by atoms with E-state index in [0.29, 0.717) is 12.6 Å².